The lowest BCUT2D eigenvalue weighted by Gasteiger charge is -2.13. The number of hydrogen-bond acceptors (Lipinski definition) is 4. The molecule has 0 N–H and O–H groups in total. The number of fused-ring (bicyclic) bond motifs is 3. The molecule has 0 fully saturated rings. The van der Waals surface area contributed by atoms with Gasteiger partial charge < -0.3 is 4.74 Å². The van der Waals surface area contributed by atoms with Gasteiger partial charge in [0.15, 0.2) is 5.69 Å². The second-order valence-corrected chi connectivity index (χ2v) is 6.58. The number of esters is 1. The van der Waals surface area contributed by atoms with E-state index >= 15 is 0 Å². The summed E-state index contributed by atoms with van der Waals surface area (Å²) in [5, 5.41) is 0. The molecule has 1 atom stereocenters. The number of rotatable bonds is 3. The predicted octanol–water partition coefficient (Wildman–Crippen LogP) is 4.08. The van der Waals surface area contributed by atoms with Crippen LogP contribution in [-0.2, 0) is 4.74 Å². The topological polar surface area (TPSA) is 56.5 Å². The number of halogens is 1. The van der Waals surface area contributed by atoms with Gasteiger partial charge in [-0.25, -0.2) is 14.2 Å². The van der Waals surface area contributed by atoms with E-state index in [0.29, 0.717) is 33.8 Å². The molecule has 2 heterocycles. The van der Waals surface area contributed by atoms with Crippen molar-refractivity contribution in [3.05, 3.63) is 82.7 Å². The number of carbonyl (C=O) groups is 1. The maximum Gasteiger partial charge on any atom is 0.358 e. The van der Waals surface area contributed by atoms with Gasteiger partial charge in [-0.2, -0.15) is 0 Å². The molecule has 1 aromatic heterocycles. The Balaban J connectivity index is 2.01. The van der Waals surface area contributed by atoms with Crippen LogP contribution in [0.1, 0.15) is 52.8 Å². The summed E-state index contributed by atoms with van der Waals surface area (Å²) in [5.74, 6) is 1.71. The SMILES string of the molecule is C#Cc1ccc2c(c1)C(c1ccccc1F)=NC(C)c1c(C(=O)OCC)ncn1-2. The highest BCUT2D eigenvalue weighted by Gasteiger charge is 2.29. The summed E-state index contributed by atoms with van der Waals surface area (Å²) >= 11 is 0. The Kier molecular flexibility index (Phi) is 4.73. The fourth-order valence-corrected chi connectivity index (χ4v) is 3.52. The highest BCUT2D eigenvalue weighted by atomic mass is 19.1. The van der Waals surface area contributed by atoms with E-state index in [4.69, 9.17) is 16.2 Å². The molecule has 0 bridgehead atoms. The number of terminal acetylenes is 1. The van der Waals surface area contributed by atoms with Crippen molar-refractivity contribution >= 4 is 11.7 Å². The highest BCUT2D eigenvalue weighted by molar-refractivity contribution is 6.15. The second kappa shape index (κ2) is 7.36. The van der Waals surface area contributed by atoms with Crippen LogP contribution in [0.2, 0.25) is 0 Å². The average molecular weight is 387 g/mol. The molecule has 4 rings (SSSR count). The first-order valence-corrected chi connectivity index (χ1v) is 9.23. The number of carbonyl (C=O) groups excluding carboxylic acids is 1. The third-order valence-corrected chi connectivity index (χ3v) is 4.80. The molecule has 0 saturated carbocycles. The van der Waals surface area contributed by atoms with E-state index < -0.39 is 12.0 Å². The van der Waals surface area contributed by atoms with Crippen molar-refractivity contribution in [3.8, 4) is 18.0 Å². The van der Waals surface area contributed by atoms with Gasteiger partial charge in [-0.05, 0) is 44.2 Å². The Hall–Kier alpha value is -3.72. The van der Waals surface area contributed by atoms with Crippen LogP contribution in [0.5, 0.6) is 0 Å². The van der Waals surface area contributed by atoms with Gasteiger partial charge in [-0.15, -0.1) is 6.42 Å². The van der Waals surface area contributed by atoms with Crippen LogP contribution >= 0.6 is 0 Å². The standard InChI is InChI=1S/C23H18FN3O2/c1-4-15-10-11-19-17(12-15)20(16-8-6-7-9-18(16)24)26-14(3)22-21(23(28)29-5-2)25-13-27(19)22/h1,6-14H,5H2,2-3H3. The molecule has 144 valence electrons. The maximum atomic E-state index is 14.7. The number of ether oxygens (including phenoxy) is 1. The molecule has 0 spiro atoms. The van der Waals surface area contributed by atoms with Gasteiger partial charge in [0, 0.05) is 16.7 Å². The van der Waals surface area contributed by atoms with E-state index in [0.717, 1.165) is 0 Å². The Morgan fingerprint density at radius 3 is 2.79 bits per heavy atom. The van der Waals surface area contributed by atoms with E-state index in [1.807, 2.05) is 13.0 Å². The molecule has 2 aromatic carbocycles. The van der Waals surface area contributed by atoms with Crippen molar-refractivity contribution < 1.29 is 13.9 Å². The van der Waals surface area contributed by atoms with Gasteiger partial charge in [-0.3, -0.25) is 9.56 Å². The lowest BCUT2D eigenvalue weighted by Crippen LogP contribution is -2.11. The van der Waals surface area contributed by atoms with E-state index in [9.17, 15) is 9.18 Å². The predicted molar refractivity (Wildman–Crippen MR) is 108 cm³/mol. The monoisotopic (exact) mass is 387 g/mol. The molecule has 0 aliphatic carbocycles. The molecule has 5 nitrogen and oxygen atoms in total. The normalized spacial score (nSPS) is 14.8. The van der Waals surface area contributed by atoms with E-state index in [1.54, 1.807) is 48.1 Å². The van der Waals surface area contributed by atoms with Crippen molar-refractivity contribution in [2.45, 2.75) is 19.9 Å². The van der Waals surface area contributed by atoms with Crippen LogP contribution in [-0.4, -0.2) is 27.8 Å². The number of aliphatic imine (C=N–C) groups is 1. The van der Waals surface area contributed by atoms with E-state index in [-0.39, 0.29) is 18.1 Å². The largest absolute Gasteiger partial charge is 0.461 e. The number of hydrogen-bond donors (Lipinski definition) is 0. The summed E-state index contributed by atoms with van der Waals surface area (Å²) in [7, 11) is 0. The minimum absolute atomic E-state index is 0.199. The molecule has 1 aliphatic rings. The summed E-state index contributed by atoms with van der Waals surface area (Å²) in [5.41, 5.74) is 3.66. The molecule has 29 heavy (non-hydrogen) atoms. The molecular weight excluding hydrogens is 369 g/mol. The van der Waals surface area contributed by atoms with Crippen molar-refractivity contribution in [3.63, 3.8) is 0 Å². The lowest BCUT2D eigenvalue weighted by molar-refractivity contribution is 0.0518. The third kappa shape index (κ3) is 3.11. The third-order valence-electron chi connectivity index (χ3n) is 4.80. The highest BCUT2D eigenvalue weighted by Crippen LogP contribution is 2.33. The van der Waals surface area contributed by atoms with Crippen LogP contribution < -0.4 is 0 Å². The van der Waals surface area contributed by atoms with Gasteiger partial charge in [0.05, 0.1) is 29.7 Å². The zero-order chi connectivity index (χ0) is 20.5. The smallest absolute Gasteiger partial charge is 0.358 e. The van der Waals surface area contributed by atoms with E-state index in [1.165, 1.54) is 6.07 Å². The molecular formula is C23H18FN3O2. The molecule has 3 aromatic rings. The van der Waals surface area contributed by atoms with Crippen molar-refractivity contribution in [1.82, 2.24) is 9.55 Å². The Labute approximate surface area is 167 Å². The summed E-state index contributed by atoms with van der Waals surface area (Å²) in [6.07, 6.45) is 7.15. The number of aromatic nitrogens is 2. The Morgan fingerprint density at radius 2 is 2.07 bits per heavy atom. The van der Waals surface area contributed by atoms with Crippen molar-refractivity contribution in [2.75, 3.05) is 6.61 Å². The van der Waals surface area contributed by atoms with Gasteiger partial charge in [0.25, 0.3) is 0 Å². The zero-order valence-corrected chi connectivity index (χ0v) is 16.0. The quantitative estimate of drug-likeness (QED) is 0.503. The first-order valence-electron chi connectivity index (χ1n) is 9.23. The molecule has 1 aliphatic heterocycles. The summed E-state index contributed by atoms with van der Waals surface area (Å²) in [6, 6.07) is 11.4. The number of benzene rings is 2. The van der Waals surface area contributed by atoms with Crippen molar-refractivity contribution in [2.24, 2.45) is 4.99 Å². The Morgan fingerprint density at radius 1 is 1.28 bits per heavy atom. The fraction of sp³-hybridized carbons (Fsp3) is 0.174. The summed E-state index contributed by atoms with van der Waals surface area (Å²) in [4.78, 5) is 21.5. The van der Waals surface area contributed by atoms with Crippen LogP contribution in [0.3, 0.4) is 0 Å². The first-order chi connectivity index (χ1) is 14.0. The van der Waals surface area contributed by atoms with Crippen LogP contribution in [0, 0.1) is 18.2 Å². The molecule has 1 unspecified atom stereocenters. The van der Waals surface area contributed by atoms with E-state index in [2.05, 4.69) is 10.9 Å². The van der Waals surface area contributed by atoms with Gasteiger partial charge in [0.1, 0.15) is 12.1 Å². The number of nitrogens with zero attached hydrogens (tertiary/aromatic N) is 3. The van der Waals surface area contributed by atoms with Gasteiger partial charge >= 0.3 is 5.97 Å². The molecule has 0 amide bonds. The van der Waals surface area contributed by atoms with Gasteiger partial charge in [0.2, 0.25) is 0 Å². The fourth-order valence-electron chi connectivity index (χ4n) is 3.52. The first kappa shape index (κ1) is 18.6. The second-order valence-electron chi connectivity index (χ2n) is 6.58. The molecule has 0 radical (unpaired) electrons. The number of imidazole rings is 1. The van der Waals surface area contributed by atoms with Crippen LogP contribution in [0.25, 0.3) is 5.69 Å². The summed E-state index contributed by atoms with van der Waals surface area (Å²) in [6.45, 7) is 3.82. The maximum absolute atomic E-state index is 14.7. The minimum atomic E-state index is -0.514. The van der Waals surface area contributed by atoms with Crippen molar-refractivity contribution in [1.29, 1.82) is 0 Å². The van der Waals surface area contributed by atoms with Gasteiger partial charge in [-0.1, -0.05) is 18.1 Å². The van der Waals surface area contributed by atoms with Crippen LogP contribution in [0.4, 0.5) is 4.39 Å². The molecule has 6 heteroatoms. The molecule has 0 saturated heterocycles. The average Bonchev–Trinajstić information content (AvgIpc) is 3.13. The zero-order valence-electron chi connectivity index (χ0n) is 16.0. The Bertz CT molecular complexity index is 1190. The van der Waals surface area contributed by atoms with Crippen LogP contribution in [0.15, 0.2) is 53.8 Å². The lowest BCUT2D eigenvalue weighted by atomic mass is 9.98. The summed E-state index contributed by atoms with van der Waals surface area (Å²) < 4.78 is 21.6. The minimum Gasteiger partial charge on any atom is -0.461 e.